The molecule has 0 unspecified atom stereocenters. The summed E-state index contributed by atoms with van der Waals surface area (Å²) >= 11 is 3.32. The Kier molecular flexibility index (Phi) is 11.1. The number of carbonyl (C=O) groups is 3. The first-order valence-corrected chi connectivity index (χ1v) is 18.8. The third kappa shape index (κ3) is 8.42. The Morgan fingerprint density at radius 2 is 1.49 bits per heavy atom. The summed E-state index contributed by atoms with van der Waals surface area (Å²) in [4.78, 5) is 63.3. The standard InChI is InChI=1S/C38H42BrFN8O5/c39-25-21-32(41)35(42-22-25)38(52)47-13-9-27(10-14-47)53-26-7-11-45(12-8-26)23-34(49)46-15-17-48(18-16-46)37(51)30-19-24(5-6-31(30)40)20-33-28-3-1-2-4-29(28)36(50)44-43-33/h1-6,19,21-22,26-27H,7-18,20,23,41H2,(H,44,50). The van der Waals surface area contributed by atoms with Crippen LogP contribution in [0.3, 0.4) is 0 Å². The van der Waals surface area contributed by atoms with Crippen molar-refractivity contribution in [2.45, 2.75) is 44.3 Å². The summed E-state index contributed by atoms with van der Waals surface area (Å²) in [5, 5.41) is 7.95. The molecule has 5 heterocycles. The number of nitrogen functional groups attached to an aromatic ring is 1. The lowest BCUT2D eigenvalue weighted by Gasteiger charge is -2.38. The Hall–Kier alpha value is -4.73. The molecule has 0 atom stereocenters. The van der Waals surface area contributed by atoms with Crippen LogP contribution in [0.1, 0.15) is 57.8 Å². The normalized spacial score (nSPS) is 17.7. The third-order valence-electron chi connectivity index (χ3n) is 10.4. The SMILES string of the molecule is Nc1cc(Br)cnc1C(=O)N1CCC(OC2CCN(CC(=O)N3CCN(C(=O)c4cc(Cc5n[nH]c(=O)c6ccccc56)ccc4F)CC3)CC2)CC1. The van der Waals surface area contributed by atoms with Crippen LogP contribution in [0.25, 0.3) is 10.8 Å². The van der Waals surface area contributed by atoms with Gasteiger partial charge in [-0.1, -0.05) is 24.3 Å². The number of amides is 3. The van der Waals surface area contributed by atoms with Crippen molar-refractivity contribution in [1.29, 1.82) is 0 Å². The molecule has 3 saturated heterocycles. The minimum absolute atomic E-state index is 0.0169. The number of aromatic nitrogens is 3. The van der Waals surface area contributed by atoms with E-state index >= 15 is 0 Å². The number of nitrogens with zero attached hydrogens (tertiary/aromatic N) is 6. The number of hydrogen-bond acceptors (Lipinski definition) is 9. The number of aromatic amines is 1. The highest BCUT2D eigenvalue weighted by molar-refractivity contribution is 9.10. The molecular formula is C38H42BrFN8O5. The fourth-order valence-corrected chi connectivity index (χ4v) is 7.77. The number of halogens is 2. The maximum atomic E-state index is 15.0. The molecule has 0 saturated carbocycles. The van der Waals surface area contributed by atoms with E-state index in [2.05, 4.69) is 36.0 Å². The average molecular weight is 790 g/mol. The molecule has 0 radical (unpaired) electrons. The van der Waals surface area contributed by atoms with Gasteiger partial charge in [0, 0.05) is 74.8 Å². The molecule has 0 aliphatic carbocycles. The molecular weight excluding hydrogens is 747 g/mol. The topological polar surface area (TPSA) is 158 Å². The number of anilines is 1. The number of likely N-dealkylation sites (tertiary alicyclic amines) is 2. The number of pyridine rings is 1. The van der Waals surface area contributed by atoms with Gasteiger partial charge in [-0.05, 0) is 71.4 Å². The number of nitrogens with one attached hydrogen (secondary N) is 1. The zero-order valence-electron chi connectivity index (χ0n) is 29.3. The predicted molar refractivity (Wildman–Crippen MR) is 200 cm³/mol. The van der Waals surface area contributed by atoms with Crippen LogP contribution < -0.4 is 11.3 Å². The van der Waals surface area contributed by atoms with Crippen LogP contribution in [0.2, 0.25) is 0 Å². The van der Waals surface area contributed by atoms with Crippen LogP contribution in [0.5, 0.6) is 0 Å². The lowest BCUT2D eigenvalue weighted by atomic mass is 10.0. The minimum Gasteiger partial charge on any atom is -0.397 e. The van der Waals surface area contributed by atoms with Gasteiger partial charge in [0.1, 0.15) is 5.82 Å². The zero-order valence-corrected chi connectivity index (χ0v) is 30.9. The molecule has 2 aromatic heterocycles. The first kappa shape index (κ1) is 36.6. The van der Waals surface area contributed by atoms with E-state index in [1.165, 1.54) is 6.07 Å². The van der Waals surface area contributed by atoms with E-state index in [-0.39, 0.29) is 40.8 Å². The van der Waals surface area contributed by atoms with Crippen LogP contribution in [0.4, 0.5) is 10.1 Å². The van der Waals surface area contributed by atoms with Gasteiger partial charge in [-0.15, -0.1) is 0 Å². The largest absolute Gasteiger partial charge is 0.397 e. The third-order valence-corrected chi connectivity index (χ3v) is 10.9. The lowest BCUT2D eigenvalue weighted by molar-refractivity contribution is -0.135. The summed E-state index contributed by atoms with van der Waals surface area (Å²) in [5.74, 6) is -1.17. The van der Waals surface area contributed by atoms with Gasteiger partial charge in [-0.2, -0.15) is 5.10 Å². The summed E-state index contributed by atoms with van der Waals surface area (Å²) in [5.41, 5.74) is 7.66. The van der Waals surface area contributed by atoms with Crippen molar-refractivity contribution in [3.63, 3.8) is 0 Å². The molecule has 3 N–H and O–H groups in total. The van der Waals surface area contributed by atoms with Crippen LogP contribution in [0, 0.1) is 5.82 Å². The minimum atomic E-state index is -0.607. The van der Waals surface area contributed by atoms with E-state index in [0.717, 1.165) is 43.2 Å². The fraction of sp³-hybridized carbons (Fsp3) is 0.421. The number of hydrogen-bond donors (Lipinski definition) is 2. The highest BCUT2D eigenvalue weighted by Gasteiger charge is 2.31. The maximum Gasteiger partial charge on any atom is 0.274 e. The highest BCUT2D eigenvalue weighted by Crippen LogP contribution is 2.25. The van der Waals surface area contributed by atoms with Crippen molar-refractivity contribution >= 4 is 50.1 Å². The van der Waals surface area contributed by atoms with E-state index in [4.69, 9.17) is 10.5 Å². The Morgan fingerprint density at radius 3 is 2.19 bits per heavy atom. The number of ether oxygens (including phenoxy) is 1. The van der Waals surface area contributed by atoms with Crippen LogP contribution in [0.15, 0.2) is 64.0 Å². The summed E-state index contributed by atoms with van der Waals surface area (Å²) < 4.78 is 22.1. The van der Waals surface area contributed by atoms with Crippen molar-refractivity contribution in [3.8, 4) is 0 Å². The summed E-state index contributed by atoms with van der Waals surface area (Å²) in [7, 11) is 0. The molecule has 7 rings (SSSR count). The Balaban J connectivity index is 0.841. The zero-order chi connectivity index (χ0) is 37.1. The molecule has 53 heavy (non-hydrogen) atoms. The molecule has 0 bridgehead atoms. The lowest BCUT2D eigenvalue weighted by Crippen LogP contribution is -2.53. The van der Waals surface area contributed by atoms with Crippen molar-refractivity contribution in [1.82, 2.24) is 34.8 Å². The molecule has 3 fully saturated rings. The van der Waals surface area contributed by atoms with Crippen molar-refractivity contribution in [2.24, 2.45) is 0 Å². The summed E-state index contributed by atoms with van der Waals surface area (Å²) in [6, 6.07) is 13.3. The Morgan fingerprint density at radius 1 is 0.849 bits per heavy atom. The molecule has 3 amide bonds. The first-order valence-electron chi connectivity index (χ1n) is 18.0. The van der Waals surface area contributed by atoms with Crippen molar-refractivity contribution < 1.29 is 23.5 Å². The molecule has 0 spiro atoms. The first-order chi connectivity index (χ1) is 25.6. The van der Waals surface area contributed by atoms with Gasteiger partial charge in [0.25, 0.3) is 17.4 Å². The number of fused-ring (bicyclic) bond motifs is 1. The molecule has 13 nitrogen and oxygen atoms in total. The molecule has 278 valence electrons. The molecule has 15 heteroatoms. The molecule has 3 aliphatic heterocycles. The maximum absolute atomic E-state index is 15.0. The van der Waals surface area contributed by atoms with Gasteiger partial charge in [0.05, 0.1) is 41.1 Å². The number of carbonyl (C=O) groups excluding carboxylic acids is 3. The Labute approximate surface area is 314 Å². The fourth-order valence-electron chi connectivity index (χ4n) is 7.42. The second-order valence-corrected chi connectivity index (χ2v) is 14.8. The van der Waals surface area contributed by atoms with Crippen molar-refractivity contribution in [2.75, 3.05) is 64.6 Å². The van der Waals surface area contributed by atoms with Gasteiger partial charge in [-0.3, -0.25) is 24.1 Å². The average Bonchev–Trinajstić information content (AvgIpc) is 3.17. The smallest absolute Gasteiger partial charge is 0.274 e. The van der Waals surface area contributed by atoms with Crippen LogP contribution in [-0.4, -0.2) is 124 Å². The quantitative estimate of drug-likeness (QED) is 0.273. The number of piperidine rings is 2. The molecule has 4 aromatic rings. The van der Waals surface area contributed by atoms with Gasteiger partial charge < -0.3 is 25.2 Å². The van der Waals surface area contributed by atoms with E-state index in [1.54, 1.807) is 51.2 Å². The number of nitrogens with two attached hydrogens (primary N) is 1. The van der Waals surface area contributed by atoms with E-state index < -0.39 is 11.7 Å². The number of piperazine rings is 1. The second-order valence-electron chi connectivity index (χ2n) is 13.9. The van der Waals surface area contributed by atoms with Gasteiger partial charge >= 0.3 is 0 Å². The highest BCUT2D eigenvalue weighted by atomic mass is 79.9. The van der Waals surface area contributed by atoms with Crippen LogP contribution >= 0.6 is 15.9 Å². The number of H-pyrrole nitrogens is 1. The predicted octanol–water partition coefficient (Wildman–Crippen LogP) is 3.46. The monoisotopic (exact) mass is 788 g/mol. The van der Waals surface area contributed by atoms with E-state index in [0.29, 0.717) is 80.0 Å². The summed E-state index contributed by atoms with van der Waals surface area (Å²) in [6.45, 7) is 4.36. The second kappa shape index (κ2) is 16.1. The molecule has 3 aliphatic rings. The van der Waals surface area contributed by atoms with Gasteiger partial charge in [0.2, 0.25) is 5.91 Å². The van der Waals surface area contributed by atoms with Gasteiger partial charge in [-0.25, -0.2) is 14.5 Å². The number of benzene rings is 2. The summed E-state index contributed by atoms with van der Waals surface area (Å²) in [6.07, 6.45) is 5.23. The van der Waals surface area contributed by atoms with Crippen LogP contribution in [-0.2, 0) is 16.0 Å². The number of rotatable bonds is 8. The van der Waals surface area contributed by atoms with E-state index in [1.807, 2.05) is 12.1 Å². The van der Waals surface area contributed by atoms with E-state index in [9.17, 15) is 23.6 Å². The van der Waals surface area contributed by atoms with Gasteiger partial charge in [0.15, 0.2) is 5.69 Å². The Bertz CT molecular complexity index is 2060. The molecule has 2 aromatic carbocycles. The van der Waals surface area contributed by atoms with Crippen molar-refractivity contribution in [3.05, 3.63) is 97.9 Å².